The van der Waals surface area contributed by atoms with E-state index < -0.39 is 42.4 Å². The molecule has 0 fully saturated rings. The first-order chi connectivity index (χ1) is 11.2. The van der Waals surface area contributed by atoms with E-state index in [1.807, 2.05) is 0 Å². The lowest BCUT2D eigenvalue weighted by Crippen LogP contribution is -2.51. The predicted molar refractivity (Wildman–Crippen MR) is 85.8 cm³/mol. The number of alkyl carbamates (subject to hydrolysis) is 1. The molecule has 0 aliphatic rings. The van der Waals surface area contributed by atoms with Gasteiger partial charge in [-0.1, -0.05) is 18.7 Å². The summed E-state index contributed by atoms with van der Waals surface area (Å²) in [4.78, 5) is 36.1. The molecule has 2 atom stereocenters. The number of amides is 1. The van der Waals surface area contributed by atoms with Gasteiger partial charge in [-0.05, 0) is 27.2 Å². The van der Waals surface area contributed by atoms with Gasteiger partial charge < -0.3 is 24.6 Å². The van der Waals surface area contributed by atoms with Gasteiger partial charge in [-0.15, -0.1) is 6.58 Å². The number of carbonyl (C=O) groups excluding carboxylic acids is 3. The molecule has 1 unspecified atom stereocenters. The molecule has 0 aromatic rings. The third-order valence-electron chi connectivity index (χ3n) is 2.60. The minimum Gasteiger partial charge on any atom is -0.460 e. The standard InChI is InChI=1S/C16H25NO7/c1-6-8-11(13(19)23-10-18)12(14(20)22-9-7-2)17-15(21)24-16(3,4)5/h6-7,11-12,18H,1-2,8-10H2,3-5H3,(H,17,21)/t11-,12?/m0/s1. The smallest absolute Gasteiger partial charge is 0.408 e. The normalized spacial score (nSPS) is 13.2. The second-order valence-electron chi connectivity index (χ2n) is 5.77. The Balaban J connectivity index is 5.35. The molecule has 0 aromatic heterocycles. The van der Waals surface area contributed by atoms with Crippen LogP contribution < -0.4 is 5.32 Å². The van der Waals surface area contributed by atoms with Crippen molar-refractivity contribution < 1.29 is 33.7 Å². The quantitative estimate of drug-likeness (QED) is 0.281. The van der Waals surface area contributed by atoms with Crippen molar-refractivity contribution in [2.24, 2.45) is 5.92 Å². The zero-order valence-corrected chi connectivity index (χ0v) is 14.2. The van der Waals surface area contributed by atoms with Gasteiger partial charge in [-0.2, -0.15) is 0 Å². The zero-order valence-electron chi connectivity index (χ0n) is 14.2. The lowest BCUT2D eigenvalue weighted by atomic mass is 9.96. The fourth-order valence-electron chi connectivity index (χ4n) is 1.71. The molecule has 8 heteroatoms. The van der Waals surface area contributed by atoms with Crippen molar-refractivity contribution in [1.82, 2.24) is 5.32 Å². The Morgan fingerprint density at radius 1 is 1.12 bits per heavy atom. The molecule has 0 aliphatic heterocycles. The number of aliphatic hydroxyl groups is 1. The third kappa shape index (κ3) is 8.33. The summed E-state index contributed by atoms with van der Waals surface area (Å²) >= 11 is 0. The van der Waals surface area contributed by atoms with Crippen molar-refractivity contribution in [3.8, 4) is 0 Å². The number of ether oxygens (including phenoxy) is 3. The van der Waals surface area contributed by atoms with Crippen molar-refractivity contribution >= 4 is 18.0 Å². The second-order valence-corrected chi connectivity index (χ2v) is 5.77. The third-order valence-corrected chi connectivity index (χ3v) is 2.60. The van der Waals surface area contributed by atoms with E-state index in [9.17, 15) is 14.4 Å². The Morgan fingerprint density at radius 3 is 2.21 bits per heavy atom. The largest absolute Gasteiger partial charge is 0.460 e. The molecule has 0 saturated carbocycles. The van der Waals surface area contributed by atoms with E-state index in [2.05, 4.69) is 23.2 Å². The molecule has 0 bridgehead atoms. The summed E-state index contributed by atoms with van der Waals surface area (Å²) < 4.78 is 14.5. The molecule has 0 rings (SSSR count). The first-order valence-corrected chi connectivity index (χ1v) is 7.31. The summed E-state index contributed by atoms with van der Waals surface area (Å²) in [5.74, 6) is -2.86. The summed E-state index contributed by atoms with van der Waals surface area (Å²) in [5, 5.41) is 11.0. The van der Waals surface area contributed by atoms with Crippen molar-refractivity contribution in [2.45, 2.75) is 38.8 Å². The summed E-state index contributed by atoms with van der Waals surface area (Å²) in [5.41, 5.74) is -0.792. The fourth-order valence-corrected chi connectivity index (χ4v) is 1.71. The molecular weight excluding hydrogens is 318 g/mol. The van der Waals surface area contributed by atoms with Gasteiger partial charge in [0.15, 0.2) is 6.79 Å². The van der Waals surface area contributed by atoms with Crippen LogP contribution in [0, 0.1) is 5.92 Å². The maximum absolute atomic E-state index is 12.2. The zero-order chi connectivity index (χ0) is 18.8. The number of esters is 2. The second kappa shape index (κ2) is 10.4. The predicted octanol–water partition coefficient (Wildman–Crippen LogP) is 1.29. The monoisotopic (exact) mass is 343 g/mol. The van der Waals surface area contributed by atoms with Gasteiger partial charge in [0.05, 0.1) is 5.92 Å². The molecule has 0 saturated heterocycles. The molecule has 8 nitrogen and oxygen atoms in total. The van der Waals surface area contributed by atoms with Crippen LogP contribution >= 0.6 is 0 Å². The molecule has 2 N–H and O–H groups in total. The Hall–Kier alpha value is -2.35. The molecule has 0 spiro atoms. The molecule has 24 heavy (non-hydrogen) atoms. The average molecular weight is 343 g/mol. The Labute approximate surface area is 141 Å². The lowest BCUT2D eigenvalue weighted by molar-refractivity contribution is -0.162. The van der Waals surface area contributed by atoms with Crippen LogP contribution in [0.5, 0.6) is 0 Å². The van der Waals surface area contributed by atoms with Gasteiger partial charge >= 0.3 is 18.0 Å². The molecule has 0 aliphatic carbocycles. The van der Waals surface area contributed by atoms with Gasteiger partial charge in [-0.3, -0.25) is 4.79 Å². The molecular formula is C16H25NO7. The number of aliphatic hydroxyl groups excluding tert-OH is 1. The Bertz CT molecular complexity index is 468. The van der Waals surface area contributed by atoms with E-state index in [0.29, 0.717) is 0 Å². The number of hydrogen-bond acceptors (Lipinski definition) is 7. The van der Waals surface area contributed by atoms with Crippen LogP contribution in [-0.2, 0) is 23.8 Å². The highest BCUT2D eigenvalue weighted by Gasteiger charge is 2.37. The molecule has 0 radical (unpaired) electrons. The molecule has 1 amide bonds. The van der Waals surface area contributed by atoms with E-state index in [1.54, 1.807) is 20.8 Å². The highest BCUT2D eigenvalue weighted by Crippen LogP contribution is 2.16. The van der Waals surface area contributed by atoms with Crippen molar-refractivity contribution in [3.63, 3.8) is 0 Å². The van der Waals surface area contributed by atoms with E-state index >= 15 is 0 Å². The maximum Gasteiger partial charge on any atom is 0.408 e. The highest BCUT2D eigenvalue weighted by molar-refractivity contribution is 5.88. The Kier molecular flexibility index (Phi) is 9.41. The van der Waals surface area contributed by atoms with Crippen LogP contribution in [0.1, 0.15) is 27.2 Å². The topological polar surface area (TPSA) is 111 Å². The number of allylic oxidation sites excluding steroid dienone is 1. The first kappa shape index (κ1) is 21.6. The van der Waals surface area contributed by atoms with Gasteiger partial charge in [0, 0.05) is 0 Å². The van der Waals surface area contributed by atoms with Crippen LogP contribution in [0.15, 0.2) is 25.3 Å². The SMILES string of the molecule is C=CCOC(=O)C(NC(=O)OC(C)(C)C)[C@H](CC=C)C(=O)OCO. The summed E-state index contributed by atoms with van der Waals surface area (Å²) in [6.07, 6.45) is 1.85. The van der Waals surface area contributed by atoms with Crippen LogP contribution in [0.25, 0.3) is 0 Å². The average Bonchev–Trinajstić information content (AvgIpc) is 2.46. The van der Waals surface area contributed by atoms with Gasteiger partial charge in [0.1, 0.15) is 18.2 Å². The van der Waals surface area contributed by atoms with Crippen LogP contribution in [0.3, 0.4) is 0 Å². The van der Waals surface area contributed by atoms with Crippen LogP contribution in [-0.4, -0.2) is 48.2 Å². The molecule has 136 valence electrons. The number of rotatable bonds is 9. The number of nitrogens with one attached hydrogen (secondary N) is 1. The van der Waals surface area contributed by atoms with E-state index in [0.717, 1.165) is 0 Å². The van der Waals surface area contributed by atoms with Crippen molar-refractivity contribution in [1.29, 1.82) is 0 Å². The summed E-state index contributed by atoms with van der Waals surface area (Å²) in [6, 6.07) is -1.36. The number of carbonyl (C=O) groups is 3. The van der Waals surface area contributed by atoms with Crippen LogP contribution in [0.2, 0.25) is 0 Å². The van der Waals surface area contributed by atoms with Gasteiger partial charge in [0.25, 0.3) is 0 Å². The van der Waals surface area contributed by atoms with E-state index in [1.165, 1.54) is 12.2 Å². The van der Waals surface area contributed by atoms with Gasteiger partial charge in [0.2, 0.25) is 0 Å². The first-order valence-electron chi connectivity index (χ1n) is 7.31. The van der Waals surface area contributed by atoms with Crippen LogP contribution in [0.4, 0.5) is 4.79 Å². The summed E-state index contributed by atoms with van der Waals surface area (Å²) in [7, 11) is 0. The highest BCUT2D eigenvalue weighted by atomic mass is 16.6. The molecule has 0 aromatic carbocycles. The minimum absolute atomic E-state index is 0.0164. The van der Waals surface area contributed by atoms with Crippen molar-refractivity contribution in [2.75, 3.05) is 13.4 Å². The lowest BCUT2D eigenvalue weighted by Gasteiger charge is -2.26. The van der Waals surface area contributed by atoms with Crippen molar-refractivity contribution in [3.05, 3.63) is 25.3 Å². The summed E-state index contributed by atoms with van der Waals surface area (Å²) in [6.45, 7) is 10.9. The number of hydrogen-bond donors (Lipinski definition) is 2. The maximum atomic E-state index is 12.2. The molecule has 0 heterocycles. The Morgan fingerprint density at radius 2 is 1.75 bits per heavy atom. The van der Waals surface area contributed by atoms with Gasteiger partial charge in [-0.25, -0.2) is 9.59 Å². The minimum atomic E-state index is -1.36. The van der Waals surface area contributed by atoms with E-state index in [-0.39, 0.29) is 13.0 Å². The fraction of sp³-hybridized carbons (Fsp3) is 0.562. The van der Waals surface area contributed by atoms with E-state index in [4.69, 9.17) is 14.6 Å².